The van der Waals surface area contributed by atoms with Gasteiger partial charge in [0.2, 0.25) is 11.7 Å². The minimum absolute atomic E-state index is 0.101. The van der Waals surface area contributed by atoms with Gasteiger partial charge in [-0.05, 0) is 36.8 Å². The van der Waals surface area contributed by atoms with E-state index in [0.29, 0.717) is 5.75 Å². The van der Waals surface area contributed by atoms with Gasteiger partial charge in [0.15, 0.2) is 0 Å². The van der Waals surface area contributed by atoms with E-state index in [1.165, 1.54) is 12.1 Å². The van der Waals surface area contributed by atoms with E-state index in [9.17, 15) is 13.2 Å². The van der Waals surface area contributed by atoms with E-state index in [2.05, 4.69) is 15.5 Å². The predicted molar refractivity (Wildman–Crippen MR) is 89.8 cm³/mol. The van der Waals surface area contributed by atoms with Gasteiger partial charge in [-0.2, -0.15) is 18.2 Å². The molecule has 0 saturated carbocycles. The monoisotopic (exact) mass is 363 g/mol. The molecule has 5 nitrogen and oxygen atoms in total. The van der Waals surface area contributed by atoms with Crippen molar-refractivity contribution in [3.05, 3.63) is 59.5 Å². The Hall–Kier alpha value is -3.03. The fourth-order valence-corrected chi connectivity index (χ4v) is 2.41. The third-order valence-electron chi connectivity index (χ3n) is 3.70. The van der Waals surface area contributed by atoms with E-state index in [4.69, 9.17) is 9.26 Å². The predicted octanol–water partition coefficient (Wildman–Crippen LogP) is 4.68. The van der Waals surface area contributed by atoms with Crippen LogP contribution in [-0.4, -0.2) is 17.3 Å². The first-order valence-electron chi connectivity index (χ1n) is 7.75. The van der Waals surface area contributed by atoms with Crippen molar-refractivity contribution in [2.24, 2.45) is 0 Å². The van der Waals surface area contributed by atoms with E-state index < -0.39 is 11.7 Å². The van der Waals surface area contributed by atoms with Crippen LogP contribution in [0.4, 0.5) is 18.9 Å². The molecule has 1 N–H and O–H groups in total. The van der Waals surface area contributed by atoms with Crippen molar-refractivity contribution in [3.63, 3.8) is 0 Å². The molecule has 136 valence electrons. The molecule has 0 saturated heterocycles. The Kier molecular flexibility index (Phi) is 4.83. The molecule has 0 fully saturated rings. The highest BCUT2D eigenvalue weighted by Gasteiger charge is 2.30. The Morgan fingerprint density at radius 1 is 1.15 bits per heavy atom. The third kappa shape index (κ3) is 3.96. The van der Waals surface area contributed by atoms with Gasteiger partial charge in [0.25, 0.3) is 0 Å². The summed E-state index contributed by atoms with van der Waals surface area (Å²) in [7, 11) is 1.56. The lowest BCUT2D eigenvalue weighted by Gasteiger charge is -2.10. The molecular weight excluding hydrogens is 347 g/mol. The quantitative estimate of drug-likeness (QED) is 0.713. The first kappa shape index (κ1) is 17.8. The Morgan fingerprint density at radius 3 is 2.69 bits per heavy atom. The second-order valence-electron chi connectivity index (χ2n) is 5.65. The van der Waals surface area contributed by atoms with Crippen LogP contribution in [0.1, 0.15) is 17.0 Å². The van der Waals surface area contributed by atoms with Gasteiger partial charge in [0.1, 0.15) is 5.75 Å². The lowest BCUT2D eigenvalue weighted by Crippen LogP contribution is -2.04. The second-order valence-corrected chi connectivity index (χ2v) is 5.65. The van der Waals surface area contributed by atoms with E-state index in [1.807, 2.05) is 25.1 Å². The number of anilines is 1. The van der Waals surface area contributed by atoms with Crippen molar-refractivity contribution < 1.29 is 22.4 Å². The Bertz CT molecular complexity index is 907. The lowest BCUT2D eigenvalue weighted by molar-refractivity contribution is -0.137. The maximum Gasteiger partial charge on any atom is 0.416 e. The van der Waals surface area contributed by atoms with Gasteiger partial charge >= 0.3 is 6.18 Å². The third-order valence-corrected chi connectivity index (χ3v) is 3.70. The van der Waals surface area contributed by atoms with Gasteiger partial charge in [0, 0.05) is 5.56 Å². The fourth-order valence-electron chi connectivity index (χ4n) is 2.41. The zero-order valence-corrected chi connectivity index (χ0v) is 14.1. The van der Waals surface area contributed by atoms with Crippen LogP contribution in [0.2, 0.25) is 0 Å². The molecule has 0 aliphatic rings. The molecule has 0 bridgehead atoms. The molecule has 0 radical (unpaired) electrons. The molecule has 0 aliphatic heterocycles. The number of methoxy groups -OCH3 is 1. The van der Waals surface area contributed by atoms with Gasteiger partial charge < -0.3 is 14.6 Å². The zero-order chi connectivity index (χ0) is 18.7. The smallest absolute Gasteiger partial charge is 0.416 e. The van der Waals surface area contributed by atoms with Gasteiger partial charge in [-0.15, -0.1) is 0 Å². The summed E-state index contributed by atoms with van der Waals surface area (Å²) in [6.07, 6.45) is -4.42. The molecule has 26 heavy (non-hydrogen) atoms. The number of nitrogens with zero attached hydrogens (tertiary/aromatic N) is 2. The average Bonchev–Trinajstić information content (AvgIpc) is 3.08. The summed E-state index contributed by atoms with van der Waals surface area (Å²) >= 11 is 0. The van der Waals surface area contributed by atoms with E-state index in [0.717, 1.165) is 23.4 Å². The first-order chi connectivity index (χ1) is 12.4. The highest BCUT2D eigenvalue weighted by Crippen LogP contribution is 2.31. The van der Waals surface area contributed by atoms with Crippen molar-refractivity contribution in [2.45, 2.75) is 19.6 Å². The number of halogens is 3. The number of ether oxygens (including phenoxy) is 1. The normalized spacial score (nSPS) is 11.4. The number of aryl methyl sites for hydroxylation is 1. The average molecular weight is 363 g/mol. The number of aromatic nitrogens is 2. The van der Waals surface area contributed by atoms with Crippen LogP contribution in [0, 0.1) is 6.92 Å². The lowest BCUT2D eigenvalue weighted by atomic mass is 10.1. The summed E-state index contributed by atoms with van der Waals surface area (Å²) in [5.74, 6) is 1.01. The molecule has 2 aromatic carbocycles. The Labute approximate surface area is 147 Å². The SMILES string of the molecule is COc1ccc(C)cc1NCc1nc(-c2cccc(C(F)(F)F)c2)no1. The van der Waals surface area contributed by atoms with Crippen molar-refractivity contribution in [1.29, 1.82) is 0 Å². The summed E-state index contributed by atoms with van der Waals surface area (Å²) in [6.45, 7) is 2.16. The number of hydrogen-bond donors (Lipinski definition) is 1. The molecule has 1 aromatic heterocycles. The number of rotatable bonds is 5. The Balaban J connectivity index is 1.76. The molecule has 3 aromatic rings. The topological polar surface area (TPSA) is 60.2 Å². The van der Waals surface area contributed by atoms with Crippen LogP contribution in [-0.2, 0) is 12.7 Å². The molecule has 1 heterocycles. The maximum absolute atomic E-state index is 12.8. The van der Waals surface area contributed by atoms with Gasteiger partial charge in [0.05, 0.1) is 24.9 Å². The summed E-state index contributed by atoms with van der Waals surface area (Å²) in [5.41, 5.74) is 1.28. The highest BCUT2D eigenvalue weighted by atomic mass is 19.4. The van der Waals surface area contributed by atoms with E-state index >= 15 is 0 Å². The van der Waals surface area contributed by atoms with Crippen molar-refractivity contribution in [3.8, 4) is 17.1 Å². The van der Waals surface area contributed by atoms with Gasteiger partial charge in [-0.1, -0.05) is 23.4 Å². The molecular formula is C18H16F3N3O2. The van der Waals surface area contributed by atoms with Crippen LogP contribution < -0.4 is 10.1 Å². The van der Waals surface area contributed by atoms with Crippen LogP contribution in [0.5, 0.6) is 5.75 Å². The Morgan fingerprint density at radius 2 is 1.96 bits per heavy atom. The molecule has 0 spiro atoms. The number of benzene rings is 2. The van der Waals surface area contributed by atoms with Crippen molar-refractivity contribution in [1.82, 2.24) is 10.1 Å². The van der Waals surface area contributed by atoms with Gasteiger partial charge in [-0.25, -0.2) is 0 Å². The zero-order valence-electron chi connectivity index (χ0n) is 14.1. The number of nitrogens with one attached hydrogen (secondary N) is 1. The van der Waals surface area contributed by atoms with Crippen molar-refractivity contribution in [2.75, 3.05) is 12.4 Å². The summed E-state index contributed by atoms with van der Waals surface area (Å²) < 4.78 is 48.8. The number of hydrogen-bond acceptors (Lipinski definition) is 5. The van der Waals surface area contributed by atoms with Crippen LogP contribution in [0.25, 0.3) is 11.4 Å². The molecule has 8 heteroatoms. The van der Waals surface area contributed by atoms with E-state index in [-0.39, 0.29) is 23.8 Å². The summed E-state index contributed by atoms with van der Waals surface area (Å²) in [6, 6.07) is 10.5. The minimum atomic E-state index is -4.42. The molecule has 3 rings (SSSR count). The molecule has 0 unspecified atom stereocenters. The molecule has 0 amide bonds. The first-order valence-corrected chi connectivity index (χ1v) is 7.75. The highest BCUT2D eigenvalue weighted by molar-refractivity contribution is 5.58. The van der Waals surface area contributed by atoms with Crippen LogP contribution in [0.15, 0.2) is 47.0 Å². The molecule has 0 aliphatic carbocycles. The minimum Gasteiger partial charge on any atom is -0.495 e. The van der Waals surface area contributed by atoms with E-state index in [1.54, 1.807) is 7.11 Å². The summed E-state index contributed by atoms with van der Waals surface area (Å²) in [4.78, 5) is 4.15. The van der Waals surface area contributed by atoms with Crippen LogP contribution >= 0.6 is 0 Å². The van der Waals surface area contributed by atoms with Crippen LogP contribution in [0.3, 0.4) is 0 Å². The standard InChI is InChI=1S/C18H16F3N3O2/c1-11-6-7-15(25-2)14(8-11)22-10-16-23-17(24-26-16)12-4-3-5-13(9-12)18(19,20)21/h3-9,22H,10H2,1-2H3. The maximum atomic E-state index is 12.8. The van der Waals surface area contributed by atoms with Gasteiger partial charge in [-0.3, -0.25) is 0 Å². The number of alkyl halides is 3. The van der Waals surface area contributed by atoms with Crippen molar-refractivity contribution >= 4 is 5.69 Å². The summed E-state index contributed by atoms with van der Waals surface area (Å²) in [5, 5.41) is 6.88. The largest absolute Gasteiger partial charge is 0.495 e. The second kappa shape index (κ2) is 7.07. The fraction of sp³-hybridized carbons (Fsp3) is 0.222. The molecule has 0 atom stereocenters.